The van der Waals surface area contributed by atoms with E-state index in [9.17, 15) is 5.26 Å². The second-order valence-corrected chi connectivity index (χ2v) is 4.27. The number of hydrogen-bond acceptors (Lipinski definition) is 5. The van der Waals surface area contributed by atoms with Crippen LogP contribution in [0.5, 0.6) is 11.5 Å². The van der Waals surface area contributed by atoms with E-state index < -0.39 is 5.92 Å². The fourth-order valence-corrected chi connectivity index (χ4v) is 2.06. The standard InChI is InChI=1S/C15H15N3O2/c1-10-7-15(20-3)11(8-14(10)19-2)12(9-16)13-5-4-6-17-18-13/h4-8,12H,1-3H3. The Morgan fingerprint density at radius 2 is 1.95 bits per heavy atom. The molecule has 1 aromatic heterocycles. The van der Waals surface area contributed by atoms with Gasteiger partial charge in [-0.15, -0.1) is 0 Å². The van der Waals surface area contributed by atoms with Crippen LogP contribution in [0.3, 0.4) is 0 Å². The molecule has 0 aliphatic heterocycles. The molecule has 0 saturated carbocycles. The Bertz CT molecular complexity index is 636. The molecule has 0 aliphatic carbocycles. The first-order valence-electron chi connectivity index (χ1n) is 6.11. The molecule has 1 atom stereocenters. The number of benzene rings is 1. The summed E-state index contributed by atoms with van der Waals surface area (Å²) in [4.78, 5) is 0. The predicted octanol–water partition coefficient (Wildman–Crippen LogP) is 2.46. The Labute approximate surface area is 117 Å². The molecule has 1 aromatic carbocycles. The second-order valence-electron chi connectivity index (χ2n) is 4.27. The Morgan fingerprint density at radius 1 is 1.20 bits per heavy atom. The van der Waals surface area contributed by atoms with Gasteiger partial charge in [0.2, 0.25) is 0 Å². The fourth-order valence-electron chi connectivity index (χ4n) is 2.06. The molecule has 20 heavy (non-hydrogen) atoms. The first-order valence-corrected chi connectivity index (χ1v) is 6.11. The minimum Gasteiger partial charge on any atom is -0.496 e. The van der Waals surface area contributed by atoms with Crippen molar-refractivity contribution >= 4 is 0 Å². The topological polar surface area (TPSA) is 68.0 Å². The molecule has 102 valence electrons. The largest absolute Gasteiger partial charge is 0.496 e. The van der Waals surface area contributed by atoms with Gasteiger partial charge in [-0.2, -0.15) is 15.5 Å². The van der Waals surface area contributed by atoms with Gasteiger partial charge in [0, 0.05) is 11.8 Å². The lowest BCUT2D eigenvalue weighted by Crippen LogP contribution is -2.05. The molecule has 0 aliphatic rings. The number of aromatic nitrogens is 2. The summed E-state index contributed by atoms with van der Waals surface area (Å²) in [5.74, 6) is 0.804. The van der Waals surface area contributed by atoms with Gasteiger partial charge in [-0.3, -0.25) is 0 Å². The zero-order valence-electron chi connectivity index (χ0n) is 11.6. The Kier molecular flexibility index (Phi) is 4.16. The van der Waals surface area contributed by atoms with Crippen molar-refractivity contribution in [3.63, 3.8) is 0 Å². The molecule has 2 aromatic rings. The quantitative estimate of drug-likeness (QED) is 0.852. The first kappa shape index (κ1) is 13.8. The molecule has 0 saturated heterocycles. The molecule has 5 heteroatoms. The van der Waals surface area contributed by atoms with Gasteiger partial charge in [-0.1, -0.05) is 0 Å². The van der Waals surface area contributed by atoms with Gasteiger partial charge in [0.05, 0.1) is 26.0 Å². The van der Waals surface area contributed by atoms with E-state index in [1.165, 1.54) is 0 Å². The zero-order valence-corrected chi connectivity index (χ0v) is 11.6. The number of rotatable bonds is 4. The molecule has 1 heterocycles. The van der Waals surface area contributed by atoms with E-state index in [4.69, 9.17) is 9.47 Å². The highest BCUT2D eigenvalue weighted by Gasteiger charge is 2.21. The van der Waals surface area contributed by atoms with Crippen molar-refractivity contribution in [1.29, 1.82) is 5.26 Å². The monoisotopic (exact) mass is 269 g/mol. The summed E-state index contributed by atoms with van der Waals surface area (Å²) in [6, 6.07) is 9.44. The van der Waals surface area contributed by atoms with Crippen LogP contribution >= 0.6 is 0 Å². The SMILES string of the molecule is COc1cc(C(C#N)c2cccnn2)c(OC)cc1C. The minimum atomic E-state index is -0.548. The number of methoxy groups -OCH3 is 2. The van der Waals surface area contributed by atoms with Crippen LogP contribution in [0, 0.1) is 18.3 Å². The highest BCUT2D eigenvalue weighted by Crippen LogP contribution is 2.35. The van der Waals surface area contributed by atoms with E-state index in [0.717, 1.165) is 11.1 Å². The van der Waals surface area contributed by atoms with Crippen molar-refractivity contribution in [2.24, 2.45) is 0 Å². The van der Waals surface area contributed by atoms with Gasteiger partial charge in [0.15, 0.2) is 0 Å². The fraction of sp³-hybridized carbons (Fsp3) is 0.267. The number of hydrogen-bond donors (Lipinski definition) is 0. The predicted molar refractivity (Wildman–Crippen MR) is 73.8 cm³/mol. The van der Waals surface area contributed by atoms with E-state index in [-0.39, 0.29) is 0 Å². The van der Waals surface area contributed by atoms with E-state index in [1.807, 2.05) is 19.1 Å². The van der Waals surface area contributed by atoms with Crippen molar-refractivity contribution < 1.29 is 9.47 Å². The second kappa shape index (κ2) is 6.02. The van der Waals surface area contributed by atoms with E-state index in [0.29, 0.717) is 17.2 Å². The van der Waals surface area contributed by atoms with E-state index in [1.54, 1.807) is 32.5 Å². The molecular formula is C15H15N3O2. The van der Waals surface area contributed by atoms with Crippen LogP contribution in [0.1, 0.15) is 22.7 Å². The summed E-state index contributed by atoms with van der Waals surface area (Å²) in [6.45, 7) is 1.93. The third-order valence-electron chi connectivity index (χ3n) is 3.08. The van der Waals surface area contributed by atoms with Crippen molar-refractivity contribution in [2.45, 2.75) is 12.8 Å². The molecule has 0 bridgehead atoms. The third kappa shape index (κ3) is 2.54. The molecule has 0 spiro atoms. The Hall–Kier alpha value is -2.61. The molecule has 0 radical (unpaired) electrons. The van der Waals surface area contributed by atoms with Gasteiger partial charge in [0.25, 0.3) is 0 Å². The summed E-state index contributed by atoms with van der Waals surface area (Å²) in [6.07, 6.45) is 1.57. The maximum atomic E-state index is 9.47. The smallest absolute Gasteiger partial charge is 0.124 e. The Morgan fingerprint density at radius 3 is 2.50 bits per heavy atom. The van der Waals surface area contributed by atoms with Crippen LogP contribution in [0.15, 0.2) is 30.5 Å². The van der Waals surface area contributed by atoms with Crippen molar-refractivity contribution in [3.05, 3.63) is 47.3 Å². The summed E-state index contributed by atoms with van der Waals surface area (Å²) in [7, 11) is 3.18. The van der Waals surface area contributed by atoms with Crippen LogP contribution in [0.4, 0.5) is 0 Å². The summed E-state index contributed by atoms with van der Waals surface area (Å²) in [5, 5.41) is 17.3. The van der Waals surface area contributed by atoms with Gasteiger partial charge in [-0.25, -0.2) is 0 Å². The summed E-state index contributed by atoms with van der Waals surface area (Å²) >= 11 is 0. The van der Waals surface area contributed by atoms with Crippen LogP contribution < -0.4 is 9.47 Å². The number of aryl methyl sites for hydroxylation is 1. The lowest BCUT2D eigenvalue weighted by molar-refractivity contribution is 0.396. The Balaban J connectivity index is 2.57. The molecule has 0 N–H and O–H groups in total. The molecule has 5 nitrogen and oxygen atoms in total. The van der Waals surface area contributed by atoms with Crippen LogP contribution in [-0.4, -0.2) is 24.4 Å². The number of nitriles is 1. The van der Waals surface area contributed by atoms with Gasteiger partial charge in [0.1, 0.15) is 17.4 Å². The number of nitrogens with zero attached hydrogens (tertiary/aromatic N) is 3. The van der Waals surface area contributed by atoms with E-state index >= 15 is 0 Å². The summed E-state index contributed by atoms with van der Waals surface area (Å²) in [5.41, 5.74) is 2.25. The molecule has 2 rings (SSSR count). The average molecular weight is 269 g/mol. The third-order valence-corrected chi connectivity index (χ3v) is 3.08. The van der Waals surface area contributed by atoms with Crippen molar-refractivity contribution in [2.75, 3.05) is 14.2 Å². The molecular weight excluding hydrogens is 254 g/mol. The average Bonchev–Trinajstić information content (AvgIpc) is 2.50. The van der Waals surface area contributed by atoms with Gasteiger partial charge >= 0.3 is 0 Å². The van der Waals surface area contributed by atoms with Crippen LogP contribution in [0.25, 0.3) is 0 Å². The van der Waals surface area contributed by atoms with Crippen molar-refractivity contribution in [3.8, 4) is 17.6 Å². The van der Waals surface area contributed by atoms with Crippen molar-refractivity contribution in [1.82, 2.24) is 10.2 Å². The minimum absolute atomic E-state index is 0.548. The molecule has 0 fully saturated rings. The maximum absolute atomic E-state index is 9.47. The van der Waals surface area contributed by atoms with Crippen LogP contribution in [-0.2, 0) is 0 Å². The highest BCUT2D eigenvalue weighted by atomic mass is 16.5. The van der Waals surface area contributed by atoms with Gasteiger partial charge < -0.3 is 9.47 Å². The first-order chi connectivity index (χ1) is 9.71. The maximum Gasteiger partial charge on any atom is 0.124 e. The normalized spacial score (nSPS) is 11.5. The molecule has 1 unspecified atom stereocenters. The lowest BCUT2D eigenvalue weighted by Gasteiger charge is -2.16. The highest BCUT2D eigenvalue weighted by molar-refractivity contribution is 5.51. The summed E-state index contributed by atoms with van der Waals surface area (Å²) < 4.78 is 10.7. The van der Waals surface area contributed by atoms with Gasteiger partial charge in [-0.05, 0) is 36.8 Å². The zero-order chi connectivity index (χ0) is 14.5. The molecule has 0 amide bonds. The van der Waals surface area contributed by atoms with Crippen LogP contribution in [0.2, 0.25) is 0 Å². The van der Waals surface area contributed by atoms with E-state index in [2.05, 4.69) is 16.3 Å². The number of ether oxygens (including phenoxy) is 2. The lowest BCUT2D eigenvalue weighted by atomic mass is 9.94.